The van der Waals surface area contributed by atoms with Gasteiger partial charge in [-0.25, -0.2) is 4.98 Å². The number of thiophene rings is 1. The van der Waals surface area contributed by atoms with E-state index in [2.05, 4.69) is 4.98 Å². The molecule has 3 rings (SSSR count). The van der Waals surface area contributed by atoms with E-state index in [9.17, 15) is 4.79 Å². The van der Waals surface area contributed by atoms with Crippen LogP contribution in [0.15, 0.2) is 40.8 Å². The third-order valence-corrected chi connectivity index (χ3v) is 4.39. The Labute approximate surface area is 139 Å². The number of hydrogen-bond acceptors (Lipinski definition) is 4. The number of halogens is 2. The highest BCUT2D eigenvalue weighted by atomic mass is 35.5. The quantitative estimate of drug-likeness (QED) is 0.716. The van der Waals surface area contributed by atoms with E-state index in [-0.39, 0.29) is 6.42 Å². The number of benzene rings is 1. The fourth-order valence-electron chi connectivity index (χ4n) is 1.96. The predicted octanol–water partition coefficient (Wildman–Crippen LogP) is 5.00. The lowest BCUT2D eigenvalue weighted by atomic mass is 10.2. The van der Waals surface area contributed by atoms with E-state index in [0.29, 0.717) is 26.7 Å². The minimum absolute atomic E-state index is 0.220. The Hall–Kier alpha value is -1.82. The predicted molar refractivity (Wildman–Crippen MR) is 86.6 cm³/mol. The summed E-state index contributed by atoms with van der Waals surface area (Å²) in [4.78, 5) is 16.1. The number of aliphatic carboxylic acids is 1. The van der Waals surface area contributed by atoms with Crippen molar-refractivity contribution in [3.8, 4) is 22.1 Å². The van der Waals surface area contributed by atoms with Crippen molar-refractivity contribution >= 4 is 40.5 Å². The second-order valence-electron chi connectivity index (χ2n) is 4.48. The van der Waals surface area contributed by atoms with Crippen molar-refractivity contribution in [2.45, 2.75) is 6.42 Å². The summed E-state index contributed by atoms with van der Waals surface area (Å²) in [6.45, 7) is 0. The number of rotatable bonds is 4. The van der Waals surface area contributed by atoms with Gasteiger partial charge in [0, 0.05) is 10.6 Å². The van der Waals surface area contributed by atoms with Gasteiger partial charge < -0.3 is 9.52 Å². The Kier molecular flexibility index (Phi) is 4.20. The van der Waals surface area contributed by atoms with Gasteiger partial charge in [-0.05, 0) is 36.4 Å². The van der Waals surface area contributed by atoms with Crippen LogP contribution >= 0.6 is 34.5 Å². The first kappa shape index (κ1) is 15.1. The number of carboxylic acid groups (broad SMARTS) is 1. The molecule has 0 aliphatic heterocycles. The third-order valence-electron chi connectivity index (χ3n) is 2.90. The van der Waals surface area contributed by atoms with Crippen molar-refractivity contribution < 1.29 is 14.3 Å². The molecule has 0 amide bonds. The molecular weight excluding hydrogens is 345 g/mol. The van der Waals surface area contributed by atoms with E-state index in [4.69, 9.17) is 32.7 Å². The van der Waals surface area contributed by atoms with E-state index in [1.54, 1.807) is 36.4 Å². The van der Waals surface area contributed by atoms with Gasteiger partial charge in [0.2, 0.25) is 5.89 Å². The molecule has 2 aromatic heterocycles. The van der Waals surface area contributed by atoms with Crippen LogP contribution in [0.1, 0.15) is 5.69 Å². The van der Waals surface area contributed by atoms with Gasteiger partial charge in [-0.15, -0.1) is 11.3 Å². The molecule has 2 heterocycles. The lowest BCUT2D eigenvalue weighted by Crippen LogP contribution is -2.01. The van der Waals surface area contributed by atoms with Gasteiger partial charge >= 0.3 is 5.97 Å². The molecule has 7 heteroatoms. The molecule has 22 heavy (non-hydrogen) atoms. The molecule has 0 spiro atoms. The van der Waals surface area contributed by atoms with Crippen molar-refractivity contribution in [2.24, 2.45) is 0 Å². The smallest absolute Gasteiger partial charge is 0.309 e. The van der Waals surface area contributed by atoms with Crippen LogP contribution in [0.5, 0.6) is 0 Å². The summed E-state index contributed by atoms with van der Waals surface area (Å²) in [6.07, 6.45) is -0.220. The molecule has 0 radical (unpaired) electrons. The molecule has 0 aliphatic rings. The Morgan fingerprint density at radius 2 is 1.91 bits per heavy atom. The number of oxazole rings is 1. The average molecular weight is 354 g/mol. The van der Waals surface area contributed by atoms with Crippen LogP contribution in [0.2, 0.25) is 9.36 Å². The lowest BCUT2D eigenvalue weighted by Gasteiger charge is -1.95. The van der Waals surface area contributed by atoms with Gasteiger partial charge in [0.25, 0.3) is 0 Å². The molecule has 112 valence electrons. The summed E-state index contributed by atoms with van der Waals surface area (Å²) in [5.41, 5.74) is 1.10. The fraction of sp³-hybridized carbons (Fsp3) is 0.0667. The molecule has 4 nitrogen and oxygen atoms in total. The molecule has 0 aliphatic carbocycles. The summed E-state index contributed by atoms with van der Waals surface area (Å²) in [5, 5.41) is 9.64. The van der Waals surface area contributed by atoms with E-state index < -0.39 is 5.97 Å². The van der Waals surface area contributed by atoms with Crippen LogP contribution < -0.4 is 0 Å². The largest absolute Gasteiger partial charge is 0.481 e. The van der Waals surface area contributed by atoms with Crippen LogP contribution in [0.4, 0.5) is 0 Å². The van der Waals surface area contributed by atoms with E-state index in [1.165, 1.54) is 11.3 Å². The fourth-order valence-corrected chi connectivity index (χ4v) is 3.13. The lowest BCUT2D eigenvalue weighted by molar-refractivity contribution is -0.136. The topological polar surface area (TPSA) is 63.3 Å². The van der Waals surface area contributed by atoms with Crippen molar-refractivity contribution in [2.75, 3.05) is 0 Å². The van der Waals surface area contributed by atoms with Gasteiger partial charge in [0.1, 0.15) is 0 Å². The summed E-state index contributed by atoms with van der Waals surface area (Å²) < 4.78 is 6.37. The first-order valence-corrected chi connectivity index (χ1v) is 7.83. The van der Waals surface area contributed by atoms with Crippen LogP contribution in [-0.2, 0) is 11.2 Å². The molecular formula is C15H9Cl2NO3S. The van der Waals surface area contributed by atoms with Crippen molar-refractivity contribution in [1.82, 2.24) is 4.98 Å². The maximum Gasteiger partial charge on any atom is 0.309 e. The Bertz CT molecular complexity index is 824. The maximum atomic E-state index is 11.0. The first-order valence-electron chi connectivity index (χ1n) is 6.26. The molecule has 1 N–H and O–H groups in total. The van der Waals surface area contributed by atoms with Crippen LogP contribution in [0, 0.1) is 0 Å². The second kappa shape index (κ2) is 6.12. The zero-order valence-electron chi connectivity index (χ0n) is 11.0. The average Bonchev–Trinajstić information content (AvgIpc) is 3.05. The van der Waals surface area contributed by atoms with E-state index >= 15 is 0 Å². The normalized spacial score (nSPS) is 10.8. The highest BCUT2D eigenvalue weighted by molar-refractivity contribution is 7.19. The zero-order valence-corrected chi connectivity index (χ0v) is 13.4. The number of nitrogens with zero attached hydrogens (tertiary/aromatic N) is 1. The highest BCUT2D eigenvalue weighted by Gasteiger charge is 2.19. The highest BCUT2D eigenvalue weighted by Crippen LogP contribution is 2.36. The third kappa shape index (κ3) is 3.16. The molecule has 0 fully saturated rings. The van der Waals surface area contributed by atoms with Gasteiger partial charge in [-0.2, -0.15) is 0 Å². The number of carbonyl (C=O) groups is 1. The maximum absolute atomic E-state index is 11.0. The van der Waals surface area contributed by atoms with Crippen LogP contribution in [0.3, 0.4) is 0 Å². The number of carboxylic acids is 1. The minimum Gasteiger partial charge on any atom is -0.481 e. The summed E-state index contributed by atoms with van der Waals surface area (Å²) in [7, 11) is 0. The van der Waals surface area contributed by atoms with Gasteiger partial charge in [-0.1, -0.05) is 23.2 Å². The number of aromatic nitrogens is 1. The van der Waals surface area contributed by atoms with Crippen molar-refractivity contribution in [1.29, 1.82) is 0 Å². The van der Waals surface area contributed by atoms with Crippen LogP contribution in [0.25, 0.3) is 22.1 Å². The summed E-state index contributed by atoms with van der Waals surface area (Å²) in [5.74, 6) is -0.184. The molecule has 0 saturated heterocycles. The number of hydrogen-bond donors (Lipinski definition) is 1. The van der Waals surface area contributed by atoms with Crippen LogP contribution in [-0.4, -0.2) is 16.1 Å². The molecule has 0 bridgehead atoms. The second-order valence-corrected chi connectivity index (χ2v) is 6.63. The molecule has 1 aromatic carbocycles. The molecule has 3 aromatic rings. The van der Waals surface area contributed by atoms with E-state index in [1.807, 2.05) is 0 Å². The standard InChI is InChI=1S/C15H9Cl2NO3S/c16-9-3-1-8(2-4-9)15-18-10(7-13(19)20)14(21-15)11-5-6-12(17)22-11/h1-6H,7H2,(H,19,20). The molecule has 0 unspecified atom stereocenters. The molecule has 0 atom stereocenters. The Morgan fingerprint density at radius 3 is 2.50 bits per heavy atom. The van der Waals surface area contributed by atoms with E-state index in [0.717, 1.165) is 10.4 Å². The monoisotopic (exact) mass is 353 g/mol. The summed E-state index contributed by atoms with van der Waals surface area (Å²) in [6, 6.07) is 10.5. The Balaban J connectivity index is 2.07. The zero-order chi connectivity index (χ0) is 15.7. The van der Waals surface area contributed by atoms with Gasteiger partial charge in [0.05, 0.1) is 21.3 Å². The summed E-state index contributed by atoms with van der Waals surface area (Å²) >= 11 is 13.1. The molecule has 0 saturated carbocycles. The minimum atomic E-state index is -0.972. The van der Waals surface area contributed by atoms with Crippen molar-refractivity contribution in [3.63, 3.8) is 0 Å². The van der Waals surface area contributed by atoms with Gasteiger partial charge in [-0.3, -0.25) is 4.79 Å². The Morgan fingerprint density at radius 1 is 1.18 bits per heavy atom. The van der Waals surface area contributed by atoms with Gasteiger partial charge in [0.15, 0.2) is 5.76 Å². The first-order chi connectivity index (χ1) is 10.5. The van der Waals surface area contributed by atoms with Crippen molar-refractivity contribution in [3.05, 3.63) is 51.5 Å². The SMILES string of the molecule is O=C(O)Cc1nc(-c2ccc(Cl)cc2)oc1-c1ccc(Cl)s1.